The monoisotopic (exact) mass is 380 g/mol. The standard InChI is InChI=1S/C16H14F2N4OS2/c1-9(23)10-3-2-4-12(7-10)19-15(24)21-22-16(25)20-14-6-5-11(17)8-13(14)18/h2-8H,1H3,(H2,19,21,24)(H2,20,22,25). The molecule has 0 fully saturated rings. The number of anilines is 2. The summed E-state index contributed by atoms with van der Waals surface area (Å²) < 4.78 is 26.4. The highest BCUT2D eigenvalue weighted by atomic mass is 32.1. The van der Waals surface area contributed by atoms with E-state index in [-0.39, 0.29) is 21.7 Å². The molecular weight excluding hydrogens is 366 g/mol. The van der Waals surface area contributed by atoms with Crippen LogP contribution in [0.5, 0.6) is 0 Å². The van der Waals surface area contributed by atoms with E-state index in [4.69, 9.17) is 24.4 Å². The molecule has 0 amide bonds. The van der Waals surface area contributed by atoms with E-state index in [9.17, 15) is 13.6 Å². The van der Waals surface area contributed by atoms with Gasteiger partial charge >= 0.3 is 0 Å². The number of Topliss-reactive ketones (excluding diaryl/α,β-unsaturated/α-hetero) is 1. The number of benzene rings is 2. The third-order valence-corrected chi connectivity index (χ3v) is 3.40. The second kappa shape index (κ2) is 8.45. The summed E-state index contributed by atoms with van der Waals surface area (Å²) in [5.41, 5.74) is 6.37. The Bertz CT molecular complexity index is 830. The van der Waals surface area contributed by atoms with Gasteiger partial charge in [-0.3, -0.25) is 15.6 Å². The summed E-state index contributed by atoms with van der Waals surface area (Å²) in [5, 5.41) is 5.65. The van der Waals surface area contributed by atoms with Crippen molar-refractivity contribution in [3.63, 3.8) is 0 Å². The summed E-state index contributed by atoms with van der Waals surface area (Å²) in [5.74, 6) is -1.52. The van der Waals surface area contributed by atoms with Crippen molar-refractivity contribution in [2.75, 3.05) is 10.6 Å². The topological polar surface area (TPSA) is 65.2 Å². The Morgan fingerprint density at radius 1 is 0.960 bits per heavy atom. The molecule has 130 valence electrons. The molecule has 0 spiro atoms. The van der Waals surface area contributed by atoms with E-state index in [0.29, 0.717) is 11.3 Å². The minimum absolute atomic E-state index is 0.0220. The Morgan fingerprint density at radius 2 is 1.64 bits per heavy atom. The lowest BCUT2D eigenvalue weighted by atomic mass is 10.1. The van der Waals surface area contributed by atoms with Gasteiger partial charge in [0.1, 0.15) is 11.6 Å². The van der Waals surface area contributed by atoms with Gasteiger partial charge in [-0.15, -0.1) is 0 Å². The Balaban J connectivity index is 1.86. The van der Waals surface area contributed by atoms with Crippen LogP contribution in [0.25, 0.3) is 0 Å². The molecule has 0 bridgehead atoms. The lowest BCUT2D eigenvalue weighted by molar-refractivity contribution is 0.101. The van der Waals surface area contributed by atoms with Crippen LogP contribution in [0.15, 0.2) is 42.5 Å². The first-order chi connectivity index (χ1) is 11.8. The summed E-state index contributed by atoms with van der Waals surface area (Å²) in [7, 11) is 0. The first-order valence-electron chi connectivity index (χ1n) is 7.05. The molecule has 2 aromatic rings. The quantitative estimate of drug-likeness (QED) is 0.370. The Morgan fingerprint density at radius 3 is 2.28 bits per heavy atom. The molecule has 9 heteroatoms. The number of carbonyl (C=O) groups excluding carboxylic acids is 1. The summed E-state index contributed by atoms with van der Waals surface area (Å²) >= 11 is 10.1. The summed E-state index contributed by atoms with van der Waals surface area (Å²) in [6.07, 6.45) is 0. The molecule has 0 aliphatic heterocycles. The first kappa shape index (κ1) is 18.7. The van der Waals surface area contributed by atoms with Gasteiger partial charge in [0.15, 0.2) is 16.0 Å². The van der Waals surface area contributed by atoms with Crippen LogP contribution in [0.1, 0.15) is 17.3 Å². The molecule has 4 N–H and O–H groups in total. The van der Waals surface area contributed by atoms with Crippen molar-refractivity contribution in [3.8, 4) is 0 Å². The third kappa shape index (κ3) is 5.73. The molecule has 0 atom stereocenters. The fourth-order valence-corrected chi connectivity index (χ4v) is 2.17. The van der Waals surface area contributed by atoms with Crippen LogP contribution in [-0.2, 0) is 0 Å². The fraction of sp³-hybridized carbons (Fsp3) is 0.0625. The van der Waals surface area contributed by atoms with Crippen LogP contribution in [0.4, 0.5) is 20.2 Å². The summed E-state index contributed by atoms with van der Waals surface area (Å²) in [4.78, 5) is 11.4. The summed E-state index contributed by atoms with van der Waals surface area (Å²) in [6.45, 7) is 1.47. The number of hydrogen-bond acceptors (Lipinski definition) is 3. The minimum atomic E-state index is -0.772. The zero-order valence-electron chi connectivity index (χ0n) is 13.0. The van der Waals surface area contributed by atoms with Crippen molar-refractivity contribution < 1.29 is 13.6 Å². The Labute approximate surface area is 153 Å². The zero-order valence-corrected chi connectivity index (χ0v) is 14.7. The number of ketones is 1. The predicted octanol–water partition coefficient (Wildman–Crippen LogP) is 3.36. The molecule has 2 rings (SSSR count). The molecule has 0 aliphatic carbocycles. The number of rotatable bonds is 3. The fourth-order valence-electron chi connectivity index (χ4n) is 1.84. The molecule has 0 saturated heterocycles. The van der Waals surface area contributed by atoms with Gasteiger partial charge in [-0.2, -0.15) is 0 Å². The number of nitrogens with one attached hydrogen (secondary N) is 4. The molecule has 0 unspecified atom stereocenters. The van der Waals surface area contributed by atoms with Gasteiger partial charge in [0.2, 0.25) is 0 Å². The zero-order chi connectivity index (χ0) is 18.4. The second-order valence-electron chi connectivity index (χ2n) is 4.92. The van der Waals surface area contributed by atoms with E-state index < -0.39 is 11.6 Å². The Hall–Kier alpha value is -2.65. The lowest BCUT2D eigenvalue weighted by Gasteiger charge is -2.15. The number of carbonyl (C=O) groups is 1. The number of halogens is 2. The maximum Gasteiger partial charge on any atom is 0.189 e. The van der Waals surface area contributed by atoms with Crippen LogP contribution in [0.3, 0.4) is 0 Å². The SMILES string of the molecule is CC(=O)c1cccc(NC(=S)NNC(=S)Nc2ccc(F)cc2F)c1. The summed E-state index contributed by atoms with van der Waals surface area (Å²) in [6, 6.07) is 9.88. The van der Waals surface area contributed by atoms with Crippen molar-refractivity contribution in [1.82, 2.24) is 10.9 Å². The van der Waals surface area contributed by atoms with Crippen LogP contribution < -0.4 is 21.5 Å². The molecule has 0 radical (unpaired) electrons. The molecule has 0 heterocycles. The second-order valence-corrected chi connectivity index (χ2v) is 5.74. The predicted molar refractivity (Wildman–Crippen MR) is 102 cm³/mol. The maximum absolute atomic E-state index is 13.5. The van der Waals surface area contributed by atoms with Gasteiger partial charge in [0.05, 0.1) is 5.69 Å². The van der Waals surface area contributed by atoms with E-state index in [2.05, 4.69) is 21.5 Å². The number of hydrogen-bond donors (Lipinski definition) is 4. The van der Waals surface area contributed by atoms with Crippen molar-refractivity contribution in [2.24, 2.45) is 0 Å². The highest BCUT2D eigenvalue weighted by molar-refractivity contribution is 7.81. The maximum atomic E-state index is 13.5. The highest BCUT2D eigenvalue weighted by Gasteiger charge is 2.06. The van der Waals surface area contributed by atoms with Crippen molar-refractivity contribution in [1.29, 1.82) is 0 Å². The molecule has 5 nitrogen and oxygen atoms in total. The van der Waals surface area contributed by atoms with Gasteiger partial charge in [-0.1, -0.05) is 12.1 Å². The van der Waals surface area contributed by atoms with Crippen molar-refractivity contribution in [2.45, 2.75) is 6.92 Å². The molecule has 0 aliphatic rings. The molecular formula is C16H14F2N4OS2. The Kier molecular flexibility index (Phi) is 6.31. The van der Waals surface area contributed by atoms with Crippen LogP contribution in [0, 0.1) is 11.6 Å². The van der Waals surface area contributed by atoms with Gasteiger partial charge in [0, 0.05) is 17.3 Å². The third-order valence-electron chi connectivity index (χ3n) is 3.00. The van der Waals surface area contributed by atoms with E-state index in [0.717, 1.165) is 12.1 Å². The van der Waals surface area contributed by atoms with Crippen molar-refractivity contribution in [3.05, 3.63) is 59.7 Å². The van der Waals surface area contributed by atoms with Gasteiger partial charge < -0.3 is 10.6 Å². The number of hydrazine groups is 1. The van der Waals surface area contributed by atoms with Crippen LogP contribution >= 0.6 is 24.4 Å². The van der Waals surface area contributed by atoms with Crippen molar-refractivity contribution >= 4 is 51.8 Å². The average Bonchev–Trinajstić information content (AvgIpc) is 2.56. The molecule has 0 saturated carbocycles. The number of thiocarbonyl (C=S) groups is 2. The van der Waals surface area contributed by atoms with Gasteiger partial charge in [-0.05, 0) is 55.6 Å². The van der Waals surface area contributed by atoms with E-state index in [1.807, 2.05) is 0 Å². The van der Waals surface area contributed by atoms with E-state index in [1.165, 1.54) is 13.0 Å². The lowest BCUT2D eigenvalue weighted by Crippen LogP contribution is -2.45. The normalized spacial score (nSPS) is 9.88. The van der Waals surface area contributed by atoms with E-state index >= 15 is 0 Å². The smallest absolute Gasteiger partial charge is 0.189 e. The van der Waals surface area contributed by atoms with Crippen LogP contribution in [0.2, 0.25) is 0 Å². The molecule has 25 heavy (non-hydrogen) atoms. The van der Waals surface area contributed by atoms with E-state index in [1.54, 1.807) is 24.3 Å². The van der Waals surface area contributed by atoms with Crippen LogP contribution in [-0.4, -0.2) is 16.0 Å². The van der Waals surface area contributed by atoms with Gasteiger partial charge in [-0.25, -0.2) is 8.78 Å². The minimum Gasteiger partial charge on any atom is -0.331 e. The molecule has 2 aromatic carbocycles. The largest absolute Gasteiger partial charge is 0.331 e. The van der Waals surface area contributed by atoms with Gasteiger partial charge in [0.25, 0.3) is 0 Å². The molecule has 0 aromatic heterocycles. The average molecular weight is 380 g/mol. The highest BCUT2D eigenvalue weighted by Crippen LogP contribution is 2.14. The first-order valence-corrected chi connectivity index (χ1v) is 7.87.